The molecule has 1 amide bonds. The first-order valence-corrected chi connectivity index (χ1v) is 9.80. The number of pyridine rings is 1. The van der Waals surface area contributed by atoms with Crippen LogP contribution >= 0.6 is 0 Å². The molecule has 0 saturated heterocycles. The Hall–Kier alpha value is -3.43. The topological polar surface area (TPSA) is 113 Å². The lowest BCUT2D eigenvalue weighted by Gasteiger charge is -2.23. The number of fused-ring (bicyclic) bond motifs is 3. The molecule has 0 bridgehead atoms. The van der Waals surface area contributed by atoms with Crippen LogP contribution in [0.5, 0.6) is 0 Å². The number of nitrogen functional groups attached to an aromatic ring is 1. The minimum Gasteiger partial charge on any atom is -0.398 e. The van der Waals surface area contributed by atoms with Crippen molar-refractivity contribution in [3.05, 3.63) is 40.7 Å². The number of carbonyl (C=O) groups is 1. The maximum absolute atomic E-state index is 13.5. The molecule has 0 aliphatic heterocycles. The number of aromatic nitrogens is 3. The van der Waals surface area contributed by atoms with Crippen LogP contribution in [0.1, 0.15) is 35.2 Å². The molecule has 0 saturated carbocycles. The molecule has 0 radical (unpaired) electrons. The molecule has 7 nitrogen and oxygen atoms in total. The molecule has 1 aliphatic carbocycles. The number of H-pyrrole nitrogens is 1. The second-order valence-electron chi connectivity index (χ2n) is 7.82. The number of nitrogens with one attached hydrogen (secondary N) is 1. The van der Waals surface area contributed by atoms with Gasteiger partial charge in [0.1, 0.15) is 5.69 Å². The number of nitrogens with two attached hydrogens (primary N) is 2. The fourth-order valence-corrected chi connectivity index (χ4v) is 4.18. The minimum absolute atomic E-state index is 0.0188. The highest BCUT2D eigenvalue weighted by Gasteiger charge is 2.38. The number of benzene rings is 1. The van der Waals surface area contributed by atoms with E-state index in [0.29, 0.717) is 40.6 Å². The van der Waals surface area contributed by atoms with Crippen LogP contribution < -0.4 is 11.1 Å². The van der Waals surface area contributed by atoms with E-state index in [4.69, 9.17) is 11.1 Å². The SMILES string of the molecule is CN(C)C(=O)C(=[NH2+])c1c(N)ccc2nc(-c3cn[nH]c3C(F)(F)F)c3c(c12)CCCC3. The molecule has 1 aromatic carbocycles. The first-order valence-electron chi connectivity index (χ1n) is 9.80. The molecule has 5 N–H and O–H groups in total. The van der Waals surface area contributed by atoms with Crippen molar-refractivity contribution in [2.75, 3.05) is 19.8 Å². The summed E-state index contributed by atoms with van der Waals surface area (Å²) in [6.07, 6.45) is -0.572. The zero-order valence-corrected chi connectivity index (χ0v) is 17.1. The molecule has 1 aliphatic rings. The zero-order valence-electron chi connectivity index (χ0n) is 17.1. The third kappa shape index (κ3) is 3.41. The maximum Gasteiger partial charge on any atom is 0.433 e. The molecular weight excluding hydrogens is 409 g/mol. The predicted molar refractivity (Wildman–Crippen MR) is 110 cm³/mol. The molecule has 4 rings (SSSR count). The van der Waals surface area contributed by atoms with Crippen molar-refractivity contribution in [1.82, 2.24) is 20.1 Å². The Kier molecular flexibility index (Phi) is 4.95. The lowest BCUT2D eigenvalue weighted by molar-refractivity contribution is -0.140. The normalized spacial score (nSPS) is 13.8. The molecule has 2 heterocycles. The Balaban J connectivity index is 2.05. The number of halogens is 3. The number of amides is 1. The van der Waals surface area contributed by atoms with Crippen LogP contribution in [0.15, 0.2) is 18.3 Å². The summed E-state index contributed by atoms with van der Waals surface area (Å²) in [6.45, 7) is 0. The van der Waals surface area contributed by atoms with Gasteiger partial charge in [0.25, 0.3) is 5.71 Å². The van der Waals surface area contributed by atoms with E-state index in [1.807, 2.05) is 0 Å². The minimum atomic E-state index is -4.59. The van der Waals surface area contributed by atoms with Crippen LogP contribution in [0.3, 0.4) is 0 Å². The molecule has 0 fully saturated rings. The third-order valence-electron chi connectivity index (χ3n) is 5.59. The average molecular weight is 431 g/mol. The monoisotopic (exact) mass is 431 g/mol. The van der Waals surface area contributed by atoms with E-state index in [0.717, 1.165) is 24.6 Å². The number of aromatic amines is 1. The highest BCUT2D eigenvalue weighted by atomic mass is 19.4. The van der Waals surface area contributed by atoms with E-state index in [1.165, 1.54) is 4.90 Å². The van der Waals surface area contributed by atoms with Crippen LogP contribution in [-0.2, 0) is 23.8 Å². The molecule has 162 valence electrons. The van der Waals surface area contributed by atoms with Gasteiger partial charge in [-0.3, -0.25) is 9.89 Å². The van der Waals surface area contributed by atoms with Gasteiger partial charge < -0.3 is 10.6 Å². The smallest absolute Gasteiger partial charge is 0.398 e. The van der Waals surface area contributed by atoms with Crippen LogP contribution in [0.2, 0.25) is 0 Å². The molecule has 0 atom stereocenters. The standard InChI is InChI=1S/C21H21F3N6O/c1-30(2)20(31)17(26)16-13(25)7-8-14-15(16)10-5-3-4-6-11(10)18(28-14)12-9-27-29-19(12)21(22,23)24/h7-9,26H,3-6,25H2,1-2H3,(H,27,29)/p+1. The van der Waals surface area contributed by atoms with Gasteiger partial charge in [-0.25, -0.2) is 10.4 Å². The van der Waals surface area contributed by atoms with Gasteiger partial charge in [0.15, 0.2) is 0 Å². The predicted octanol–water partition coefficient (Wildman–Crippen LogP) is 1.74. The first kappa shape index (κ1) is 20.8. The van der Waals surface area contributed by atoms with Crippen molar-refractivity contribution in [1.29, 1.82) is 0 Å². The Labute approximate surface area is 176 Å². The van der Waals surface area contributed by atoms with Crippen LogP contribution in [0.4, 0.5) is 18.9 Å². The van der Waals surface area contributed by atoms with Gasteiger partial charge in [-0.05, 0) is 48.9 Å². The van der Waals surface area contributed by atoms with E-state index in [9.17, 15) is 18.0 Å². The van der Waals surface area contributed by atoms with E-state index in [-0.39, 0.29) is 17.0 Å². The second-order valence-corrected chi connectivity index (χ2v) is 7.82. The van der Waals surface area contributed by atoms with E-state index < -0.39 is 17.8 Å². The fraction of sp³-hybridized carbons (Fsp3) is 0.333. The van der Waals surface area contributed by atoms with Gasteiger partial charge in [0, 0.05) is 25.2 Å². The molecule has 10 heteroatoms. The Morgan fingerprint density at radius 3 is 2.52 bits per heavy atom. The van der Waals surface area contributed by atoms with Crippen molar-refractivity contribution in [2.24, 2.45) is 0 Å². The van der Waals surface area contributed by atoms with Crippen LogP contribution in [-0.4, -0.2) is 45.8 Å². The summed E-state index contributed by atoms with van der Waals surface area (Å²) in [7, 11) is 3.17. The van der Waals surface area contributed by atoms with Crippen molar-refractivity contribution in [2.45, 2.75) is 31.9 Å². The van der Waals surface area contributed by atoms with Crippen LogP contribution in [0.25, 0.3) is 22.2 Å². The number of anilines is 1. The quantitative estimate of drug-likeness (QED) is 0.433. The van der Waals surface area contributed by atoms with Gasteiger partial charge in [-0.1, -0.05) is 0 Å². The molecule has 2 aromatic heterocycles. The number of alkyl halides is 3. The highest BCUT2D eigenvalue weighted by molar-refractivity contribution is 6.46. The Morgan fingerprint density at radius 1 is 1.19 bits per heavy atom. The summed E-state index contributed by atoms with van der Waals surface area (Å²) in [5.41, 5.74) is 8.10. The zero-order chi connectivity index (χ0) is 22.5. The number of aryl methyl sites for hydroxylation is 1. The van der Waals surface area contributed by atoms with Gasteiger partial charge in [-0.2, -0.15) is 18.3 Å². The van der Waals surface area contributed by atoms with Gasteiger partial charge in [0.2, 0.25) is 0 Å². The number of hydrogen-bond acceptors (Lipinski definition) is 4. The highest BCUT2D eigenvalue weighted by Crippen LogP contribution is 2.41. The summed E-state index contributed by atoms with van der Waals surface area (Å²) in [5.74, 6) is -0.401. The number of carbonyl (C=O) groups excluding carboxylic acids is 1. The number of nitrogens with zero attached hydrogens (tertiary/aromatic N) is 3. The summed E-state index contributed by atoms with van der Waals surface area (Å²) in [6, 6.07) is 3.22. The summed E-state index contributed by atoms with van der Waals surface area (Å²) in [5, 5.41) is 12.5. The summed E-state index contributed by atoms with van der Waals surface area (Å²) >= 11 is 0. The van der Waals surface area contributed by atoms with E-state index in [1.54, 1.807) is 26.2 Å². The van der Waals surface area contributed by atoms with Crippen LogP contribution in [0, 0.1) is 0 Å². The second kappa shape index (κ2) is 7.36. The molecule has 0 spiro atoms. The van der Waals surface area contributed by atoms with Gasteiger partial charge in [-0.15, -0.1) is 0 Å². The van der Waals surface area contributed by atoms with Crippen molar-refractivity contribution in [3.8, 4) is 11.3 Å². The van der Waals surface area contributed by atoms with Gasteiger partial charge >= 0.3 is 12.1 Å². The third-order valence-corrected chi connectivity index (χ3v) is 5.59. The molecule has 3 aromatic rings. The van der Waals surface area contributed by atoms with Crippen molar-refractivity contribution >= 4 is 28.2 Å². The summed E-state index contributed by atoms with van der Waals surface area (Å²) < 4.78 is 40.6. The fourth-order valence-electron chi connectivity index (χ4n) is 4.18. The van der Waals surface area contributed by atoms with Crippen molar-refractivity contribution < 1.29 is 23.4 Å². The molecular formula is C21H22F3N6O+. The number of likely N-dealkylation sites (N-methyl/N-ethyl adjacent to an activating group) is 1. The van der Waals surface area contributed by atoms with Crippen molar-refractivity contribution in [3.63, 3.8) is 0 Å². The molecule has 0 unspecified atom stereocenters. The number of hydrogen-bond donors (Lipinski definition) is 3. The van der Waals surface area contributed by atoms with Gasteiger partial charge in [0.05, 0.1) is 28.5 Å². The maximum atomic E-state index is 13.5. The number of rotatable bonds is 3. The Bertz CT molecular complexity index is 1210. The first-order chi connectivity index (χ1) is 14.6. The summed E-state index contributed by atoms with van der Waals surface area (Å²) in [4.78, 5) is 18.5. The largest absolute Gasteiger partial charge is 0.433 e. The van der Waals surface area contributed by atoms with E-state index in [2.05, 4.69) is 15.2 Å². The lowest BCUT2D eigenvalue weighted by Crippen LogP contribution is -2.50. The molecule has 31 heavy (non-hydrogen) atoms. The lowest BCUT2D eigenvalue weighted by atomic mass is 9.84. The Morgan fingerprint density at radius 2 is 1.87 bits per heavy atom. The average Bonchev–Trinajstić information content (AvgIpc) is 3.22. The van der Waals surface area contributed by atoms with E-state index >= 15 is 0 Å².